The molecule has 0 saturated carbocycles. The van der Waals surface area contributed by atoms with Crippen LogP contribution in [0.15, 0.2) is 59.5 Å². The number of aromatic nitrogens is 2. The Kier molecular flexibility index (Phi) is 3.23. The van der Waals surface area contributed by atoms with E-state index < -0.39 is 0 Å². The van der Waals surface area contributed by atoms with E-state index in [0.29, 0.717) is 16.5 Å². The molecule has 0 saturated heterocycles. The van der Waals surface area contributed by atoms with E-state index >= 15 is 0 Å². The lowest BCUT2D eigenvalue weighted by Crippen LogP contribution is -2.35. The van der Waals surface area contributed by atoms with Crippen LogP contribution in [0.4, 0.5) is 0 Å². The summed E-state index contributed by atoms with van der Waals surface area (Å²) >= 11 is 0. The van der Waals surface area contributed by atoms with Crippen molar-refractivity contribution in [1.82, 2.24) is 14.7 Å². The molecule has 0 fully saturated rings. The lowest BCUT2D eigenvalue weighted by Gasteiger charge is -2.14. The highest BCUT2D eigenvalue weighted by Gasteiger charge is 2.34. The summed E-state index contributed by atoms with van der Waals surface area (Å²) in [6.45, 7) is 0.271. The lowest BCUT2D eigenvalue weighted by molar-refractivity contribution is 0.0647. The number of amides is 2. The maximum Gasteiger partial charge on any atom is 0.274 e. The number of hydrogen-bond acceptors (Lipinski definition) is 4. The summed E-state index contributed by atoms with van der Waals surface area (Å²) in [7, 11) is 0. The summed E-state index contributed by atoms with van der Waals surface area (Å²) < 4.78 is 1.28. The fourth-order valence-corrected chi connectivity index (χ4v) is 2.92. The van der Waals surface area contributed by atoms with Crippen LogP contribution in [-0.4, -0.2) is 33.0 Å². The Hall–Kier alpha value is -3.28. The third-order valence-electron chi connectivity index (χ3n) is 4.18. The molecule has 6 heteroatoms. The van der Waals surface area contributed by atoms with Crippen LogP contribution < -0.4 is 5.56 Å². The molecule has 0 spiro atoms. The standard InChI is InChI=1S/C18H13N3O3/c22-16-14-7-3-4-8-15(14)17(23)20(16)9-10-21-18(24)13-6-2-1-5-12(13)11-19-21/h1-8,11H,9-10H2. The first kappa shape index (κ1) is 14.3. The van der Waals surface area contributed by atoms with Gasteiger partial charge in [-0.3, -0.25) is 19.3 Å². The maximum atomic E-state index is 12.4. The number of rotatable bonds is 3. The van der Waals surface area contributed by atoms with Gasteiger partial charge < -0.3 is 0 Å². The first-order chi connectivity index (χ1) is 11.7. The molecule has 1 aliphatic heterocycles. The second-order valence-electron chi connectivity index (χ2n) is 5.57. The van der Waals surface area contributed by atoms with E-state index in [1.165, 1.54) is 4.68 Å². The quantitative estimate of drug-likeness (QED) is 0.689. The van der Waals surface area contributed by atoms with Crippen LogP contribution >= 0.6 is 0 Å². The van der Waals surface area contributed by atoms with Gasteiger partial charge in [0.05, 0.1) is 29.3 Å². The molecule has 2 heterocycles. The Morgan fingerprint density at radius 1 is 0.792 bits per heavy atom. The van der Waals surface area contributed by atoms with Crippen LogP contribution in [0.1, 0.15) is 20.7 Å². The predicted molar refractivity (Wildman–Crippen MR) is 87.8 cm³/mol. The molecule has 0 unspecified atom stereocenters. The van der Waals surface area contributed by atoms with Crippen LogP contribution in [0.5, 0.6) is 0 Å². The van der Waals surface area contributed by atoms with Gasteiger partial charge in [0.2, 0.25) is 0 Å². The predicted octanol–water partition coefficient (Wildman–Crippen LogP) is 1.69. The minimum Gasteiger partial charge on any atom is -0.272 e. The fourth-order valence-electron chi connectivity index (χ4n) is 2.92. The molecule has 1 aliphatic rings. The van der Waals surface area contributed by atoms with Crippen molar-refractivity contribution in [2.24, 2.45) is 0 Å². The molecule has 2 aromatic carbocycles. The number of carbonyl (C=O) groups excluding carboxylic acids is 2. The van der Waals surface area contributed by atoms with Crippen molar-refractivity contribution < 1.29 is 9.59 Å². The third kappa shape index (κ3) is 2.11. The molecule has 3 aromatic rings. The first-order valence-electron chi connectivity index (χ1n) is 7.57. The van der Waals surface area contributed by atoms with Crippen LogP contribution in [0, 0.1) is 0 Å². The van der Waals surface area contributed by atoms with Crippen LogP contribution in [0.25, 0.3) is 10.8 Å². The molecule has 0 N–H and O–H groups in total. The molecular formula is C18H13N3O3. The van der Waals surface area contributed by atoms with E-state index in [0.717, 1.165) is 10.3 Å². The molecule has 6 nitrogen and oxygen atoms in total. The highest BCUT2D eigenvalue weighted by Crippen LogP contribution is 2.22. The van der Waals surface area contributed by atoms with E-state index in [1.807, 2.05) is 12.1 Å². The highest BCUT2D eigenvalue weighted by atomic mass is 16.2. The largest absolute Gasteiger partial charge is 0.274 e. The van der Waals surface area contributed by atoms with Gasteiger partial charge in [0.1, 0.15) is 0 Å². The number of carbonyl (C=O) groups is 2. The smallest absolute Gasteiger partial charge is 0.272 e. The zero-order valence-corrected chi connectivity index (χ0v) is 12.7. The molecular weight excluding hydrogens is 306 g/mol. The second-order valence-corrected chi connectivity index (χ2v) is 5.57. The lowest BCUT2D eigenvalue weighted by atomic mass is 10.1. The van der Waals surface area contributed by atoms with Crippen molar-refractivity contribution in [2.45, 2.75) is 6.54 Å². The zero-order chi connectivity index (χ0) is 16.7. The average molecular weight is 319 g/mol. The van der Waals surface area contributed by atoms with Crippen LogP contribution in [0.3, 0.4) is 0 Å². The second kappa shape index (κ2) is 5.42. The summed E-state index contributed by atoms with van der Waals surface area (Å²) in [5.41, 5.74) is 0.576. The molecule has 0 radical (unpaired) electrons. The maximum absolute atomic E-state index is 12.4. The highest BCUT2D eigenvalue weighted by molar-refractivity contribution is 6.21. The summed E-state index contributed by atoms with van der Waals surface area (Å²) in [5.74, 6) is -0.658. The Balaban J connectivity index is 1.61. The number of fused-ring (bicyclic) bond motifs is 2. The molecule has 0 atom stereocenters. The van der Waals surface area contributed by atoms with Crippen molar-refractivity contribution in [2.75, 3.05) is 6.54 Å². The summed E-state index contributed by atoms with van der Waals surface area (Å²) in [5, 5.41) is 5.45. The zero-order valence-electron chi connectivity index (χ0n) is 12.7. The molecule has 0 aliphatic carbocycles. The van der Waals surface area contributed by atoms with Crippen LogP contribution in [0.2, 0.25) is 0 Å². The van der Waals surface area contributed by atoms with E-state index in [9.17, 15) is 14.4 Å². The topological polar surface area (TPSA) is 72.3 Å². The van der Waals surface area contributed by atoms with Crippen molar-refractivity contribution in [1.29, 1.82) is 0 Å². The number of imide groups is 1. The minimum absolute atomic E-state index is 0.109. The molecule has 0 bridgehead atoms. The van der Waals surface area contributed by atoms with Gasteiger partial charge in [-0.05, 0) is 18.2 Å². The molecule has 118 valence electrons. The molecule has 24 heavy (non-hydrogen) atoms. The van der Waals surface area contributed by atoms with Gasteiger partial charge in [0, 0.05) is 11.9 Å². The summed E-state index contributed by atoms with van der Waals surface area (Å²) in [6, 6.07) is 13.9. The van der Waals surface area contributed by atoms with Crippen molar-refractivity contribution >= 4 is 22.6 Å². The van der Waals surface area contributed by atoms with Crippen molar-refractivity contribution in [3.05, 3.63) is 76.2 Å². The number of hydrogen-bond donors (Lipinski definition) is 0. The van der Waals surface area contributed by atoms with Gasteiger partial charge in [-0.15, -0.1) is 0 Å². The normalized spacial score (nSPS) is 13.6. The van der Waals surface area contributed by atoms with Gasteiger partial charge in [0.15, 0.2) is 0 Å². The van der Waals surface area contributed by atoms with Crippen LogP contribution in [-0.2, 0) is 6.54 Å². The Morgan fingerprint density at radius 2 is 1.42 bits per heavy atom. The van der Waals surface area contributed by atoms with E-state index in [1.54, 1.807) is 42.6 Å². The van der Waals surface area contributed by atoms with E-state index in [4.69, 9.17) is 0 Å². The SMILES string of the molecule is O=C1c2ccccc2C(=O)N1CCn1ncc2ccccc2c1=O. The molecule has 1 aromatic heterocycles. The number of benzene rings is 2. The van der Waals surface area contributed by atoms with Gasteiger partial charge in [-0.2, -0.15) is 5.10 Å². The van der Waals surface area contributed by atoms with Gasteiger partial charge in [0.25, 0.3) is 17.4 Å². The number of nitrogens with zero attached hydrogens (tertiary/aromatic N) is 3. The average Bonchev–Trinajstić information content (AvgIpc) is 2.86. The van der Waals surface area contributed by atoms with Gasteiger partial charge in [-0.1, -0.05) is 30.3 Å². The Bertz CT molecular complexity index is 1000. The molecule has 4 rings (SSSR count). The summed E-state index contributed by atoms with van der Waals surface area (Å²) in [6.07, 6.45) is 1.61. The van der Waals surface area contributed by atoms with Gasteiger partial charge in [-0.25, -0.2) is 4.68 Å². The minimum atomic E-state index is -0.329. The Labute approximate surface area is 136 Å². The Morgan fingerprint density at radius 3 is 2.12 bits per heavy atom. The van der Waals surface area contributed by atoms with Crippen molar-refractivity contribution in [3.63, 3.8) is 0 Å². The first-order valence-corrected chi connectivity index (χ1v) is 7.57. The molecule has 2 amide bonds. The van der Waals surface area contributed by atoms with E-state index in [-0.39, 0.29) is 30.5 Å². The monoisotopic (exact) mass is 319 g/mol. The van der Waals surface area contributed by atoms with E-state index in [2.05, 4.69) is 5.10 Å². The third-order valence-corrected chi connectivity index (χ3v) is 4.18. The fraction of sp³-hybridized carbons (Fsp3) is 0.111. The van der Waals surface area contributed by atoms with Crippen molar-refractivity contribution in [3.8, 4) is 0 Å². The van der Waals surface area contributed by atoms with Gasteiger partial charge >= 0.3 is 0 Å². The summed E-state index contributed by atoms with van der Waals surface area (Å²) in [4.78, 5) is 38.2.